The molecule has 0 fully saturated rings. The van der Waals surface area contributed by atoms with Crippen LogP contribution in [0.2, 0.25) is 0 Å². The van der Waals surface area contributed by atoms with E-state index in [0.717, 1.165) is 22.3 Å². The van der Waals surface area contributed by atoms with Crippen LogP contribution in [0.25, 0.3) is 45.0 Å². The number of nitrogens with zero attached hydrogens (tertiary/aromatic N) is 7. The number of rotatable bonds is 4. The summed E-state index contributed by atoms with van der Waals surface area (Å²) in [6.07, 6.45) is 1.61. The van der Waals surface area contributed by atoms with Crippen LogP contribution in [0, 0.1) is 10.1 Å². The topological polar surface area (TPSA) is 104 Å². The van der Waals surface area contributed by atoms with Gasteiger partial charge in [0.05, 0.1) is 16.0 Å². The largest absolute Gasteiger partial charge is 0.269 e. The van der Waals surface area contributed by atoms with Gasteiger partial charge in [-0.3, -0.25) is 10.1 Å². The lowest BCUT2D eigenvalue weighted by Crippen LogP contribution is -1.98. The first kappa shape index (κ1) is 18.8. The maximum Gasteiger partial charge on any atom is 0.269 e. The predicted octanol–water partition coefficient (Wildman–Crippen LogP) is 4.71. The molecule has 9 nitrogen and oxygen atoms in total. The molecule has 9 heteroatoms. The van der Waals surface area contributed by atoms with Gasteiger partial charge in [0, 0.05) is 23.3 Å². The van der Waals surface area contributed by atoms with Gasteiger partial charge in [-0.2, -0.15) is 5.10 Å². The summed E-state index contributed by atoms with van der Waals surface area (Å²) in [4.78, 5) is 20.0. The maximum atomic E-state index is 11.0. The van der Waals surface area contributed by atoms with Crippen molar-refractivity contribution < 1.29 is 4.92 Å². The molecule has 0 unspecified atom stereocenters. The van der Waals surface area contributed by atoms with Crippen LogP contribution in [0.3, 0.4) is 0 Å². The van der Waals surface area contributed by atoms with Crippen molar-refractivity contribution >= 4 is 22.4 Å². The Labute approximate surface area is 186 Å². The summed E-state index contributed by atoms with van der Waals surface area (Å²) in [6.45, 7) is 0. The van der Waals surface area contributed by atoms with Crippen LogP contribution in [0.4, 0.5) is 5.69 Å². The van der Waals surface area contributed by atoms with Crippen molar-refractivity contribution in [1.82, 2.24) is 29.4 Å². The molecule has 0 N–H and O–H groups in total. The summed E-state index contributed by atoms with van der Waals surface area (Å²) in [5.74, 6) is 0.450. The number of nitro benzene ring substituents is 1. The van der Waals surface area contributed by atoms with Crippen molar-refractivity contribution in [3.8, 4) is 28.3 Å². The molecule has 158 valence electrons. The van der Waals surface area contributed by atoms with Gasteiger partial charge in [0.15, 0.2) is 17.1 Å². The Morgan fingerprint density at radius 3 is 2.15 bits per heavy atom. The molecule has 3 aromatic carbocycles. The minimum atomic E-state index is -0.432. The smallest absolute Gasteiger partial charge is 0.258 e. The molecular weight excluding hydrogens is 418 g/mol. The number of hydrogen-bond donors (Lipinski definition) is 0. The highest BCUT2D eigenvalue weighted by Gasteiger charge is 2.20. The molecule has 3 heterocycles. The Kier molecular flexibility index (Phi) is 4.19. The van der Waals surface area contributed by atoms with E-state index in [-0.39, 0.29) is 5.69 Å². The quantitative estimate of drug-likeness (QED) is 0.295. The highest BCUT2D eigenvalue weighted by Crippen LogP contribution is 2.32. The first-order valence-electron chi connectivity index (χ1n) is 10.2. The van der Waals surface area contributed by atoms with Crippen LogP contribution in [-0.2, 0) is 0 Å². The SMILES string of the molecule is O=[N+]([O-])c1ccc(-c2nc3c4c(-c5ccccc5)nn(-c5ccccc5)c4ncn3n2)cc1. The van der Waals surface area contributed by atoms with Crippen LogP contribution < -0.4 is 0 Å². The molecule has 0 amide bonds. The Bertz CT molecular complexity index is 1620. The second kappa shape index (κ2) is 7.34. The average Bonchev–Trinajstić information content (AvgIpc) is 3.47. The number of para-hydroxylation sites is 1. The zero-order chi connectivity index (χ0) is 22.4. The lowest BCUT2D eigenvalue weighted by Gasteiger charge is -2.01. The number of benzene rings is 3. The van der Waals surface area contributed by atoms with E-state index < -0.39 is 4.92 Å². The van der Waals surface area contributed by atoms with E-state index in [0.29, 0.717) is 22.7 Å². The Morgan fingerprint density at radius 2 is 1.45 bits per heavy atom. The zero-order valence-corrected chi connectivity index (χ0v) is 17.1. The van der Waals surface area contributed by atoms with Gasteiger partial charge in [0.25, 0.3) is 5.69 Å². The first-order chi connectivity index (χ1) is 16.2. The van der Waals surface area contributed by atoms with Crippen molar-refractivity contribution in [2.45, 2.75) is 0 Å². The molecule has 0 spiro atoms. The van der Waals surface area contributed by atoms with Crippen LogP contribution in [0.1, 0.15) is 0 Å². The summed E-state index contributed by atoms with van der Waals surface area (Å²) in [5, 5.41) is 21.2. The molecule has 3 aromatic heterocycles. The molecule has 6 rings (SSSR count). The molecule has 0 saturated carbocycles. The Morgan fingerprint density at radius 1 is 0.758 bits per heavy atom. The molecule has 0 aliphatic carbocycles. The van der Waals surface area contributed by atoms with Crippen molar-refractivity contribution in [2.24, 2.45) is 0 Å². The van der Waals surface area contributed by atoms with Crippen LogP contribution >= 0.6 is 0 Å². The second-order valence-electron chi connectivity index (χ2n) is 7.41. The third-order valence-corrected chi connectivity index (χ3v) is 5.39. The molecular formula is C24H15N7O2. The van der Waals surface area contributed by atoms with Gasteiger partial charge in [-0.25, -0.2) is 19.2 Å². The van der Waals surface area contributed by atoms with E-state index in [1.165, 1.54) is 12.1 Å². The third kappa shape index (κ3) is 3.10. The predicted molar refractivity (Wildman–Crippen MR) is 123 cm³/mol. The summed E-state index contributed by atoms with van der Waals surface area (Å²) >= 11 is 0. The van der Waals surface area contributed by atoms with E-state index >= 15 is 0 Å². The third-order valence-electron chi connectivity index (χ3n) is 5.39. The fraction of sp³-hybridized carbons (Fsp3) is 0. The van der Waals surface area contributed by atoms with Gasteiger partial charge in [0.1, 0.15) is 12.0 Å². The number of hydrogen-bond acceptors (Lipinski definition) is 6. The number of nitro groups is 1. The fourth-order valence-electron chi connectivity index (χ4n) is 3.82. The van der Waals surface area contributed by atoms with Gasteiger partial charge in [-0.15, -0.1) is 5.10 Å². The summed E-state index contributed by atoms with van der Waals surface area (Å²) < 4.78 is 3.42. The molecule has 0 saturated heterocycles. The molecule has 6 aromatic rings. The monoisotopic (exact) mass is 433 g/mol. The molecule has 0 aliphatic heterocycles. The number of non-ortho nitro benzene ring substituents is 1. The lowest BCUT2D eigenvalue weighted by atomic mass is 10.1. The normalized spacial score (nSPS) is 11.3. The molecule has 0 radical (unpaired) electrons. The fourth-order valence-corrected chi connectivity index (χ4v) is 3.82. The van der Waals surface area contributed by atoms with Crippen molar-refractivity contribution in [1.29, 1.82) is 0 Å². The first-order valence-corrected chi connectivity index (χ1v) is 10.2. The van der Waals surface area contributed by atoms with Gasteiger partial charge in [-0.1, -0.05) is 48.5 Å². The number of aromatic nitrogens is 6. The van der Waals surface area contributed by atoms with E-state index in [2.05, 4.69) is 10.1 Å². The average molecular weight is 433 g/mol. The van der Waals surface area contributed by atoms with E-state index in [1.54, 1.807) is 27.7 Å². The molecule has 0 atom stereocenters. The minimum absolute atomic E-state index is 0.0158. The van der Waals surface area contributed by atoms with Gasteiger partial charge in [0.2, 0.25) is 0 Å². The summed E-state index contributed by atoms with van der Waals surface area (Å²) in [7, 11) is 0. The van der Waals surface area contributed by atoms with Crippen molar-refractivity contribution in [2.75, 3.05) is 0 Å². The van der Waals surface area contributed by atoms with E-state index in [9.17, 15) is 10.1 Å². The van der Waals surface area contributed by atoms with Crippen LogP contribution in [0.15, 0.2) is 91.3 Å². The zero-order valence-electron chi connectivity index (χ0n) is 17.1. The van der Waals surface area contributed by atoms with Gasteiger partial charge >= 0.3 is 0 Å². The van der Waals surface area contributed by atoms with E-state index in [1.807, 2.05) is 60.7 Å². The van der Waals surface area contributed by atoms with Crippen molar-refractivity contribution in [3.63, 3.8) is 0 Å². The second-order valence-corrected chi connectivity index (χ2v) is 7.41. The Hall–Kier alpha value is -4.92. The molecule has 33 heavy (non-hydrogen) atoms. The lowest BCUT2D eigenvalue weighted by molar-refractivity contribution is -0.384. The van der Waals surface area contributed by atoms with Gasteiger partial charge < -0.3 is 0 Å². The molecule has 0 aliphatic rings. The van der Waals surface area contributed by atoms with Crippen molar-refractivity contribution in [3.05, 3.63) is 101 Å². The van der Waals surface area contributed by atoms with E-state index in [4.69, 9.17) is 10.1 Å². The Balaban J connectivity index is 1.61. The van der Waals surface area contributed by atoms with Crippen LogP contribution in [-0.4, -0.2) is 34.3 Å². The van der Waals surface area contributed by atoms with Gasteiger partial charge in [-0.05, 0) is 24.3 Å². The highest BCUT2D eigenvalue weighted by molar-refractivity contribution is 6.01. The summed E-state index contributed by atoms with van der Waals surface area (Å²) in [6, 6.07) is 25.8. The standard InChI is InChI=1S/C24H15N7O2/c32-31(33)19-13-11-17(12-14-19)22-26-24-20-21(16-7-3-1-4-8-16)27-30(18-9-5-2-6-10-18)23(20)25-15-29(24)28-22/h1-15H. The minimum Gasteiger partial charge on any atom is -0.258 e. The maximum absolute atomic E-state index is 11.0. The van der Waals surface area contributed by atoms with Crippen LogP contribution in [0.5, 0.6) is 0 Å². The summed E-state index contributed by atoms with van der Waals surface area (Å²) in [5.41, 5.74) is 4.53. The molecule has 0 bridgehead atoms. The highest BCUT2D eigenvalue weighted by atomic mass is 16.6. The number of fused-ring (bicyclic) bond motifs is 3.